The number of aliphatic carboxylic acids is 1. The number of hydrogen-bond donors (Lipinski definition) is 1. The molecular weight excluding hydrogens is 395 g/mol. The van der Waals surface area contributed by atoms with Gasteiger partial charge in [-0.15, -0.1) is 0 Å². The van der Waals surface area contributed by atoms with Crippen LogP contribution in [0.25, 0.3) is 0 Å². The third-order valence-electron chi connectivity index (χ3n) is 4.93. The Morgan fingerprint density at radius 3 is 2.68 bits per heavy atom. The number of carboxylic acids is 1. The molecule has 28 heavy (non-hydrogen) atoms. The lowest BCUT2D eigenvalue weighted by Gasteiger charge is -2.33. The molecule has 3 rings (SSSR count). The van der Waals surface area contributed by atoms with Crippen LogP contribution in [0.4, 0.5) is 13.2 Å². The Hall–Kier alpha value is -2.25. The minimum Gasteiger partial charge on any atom is -0.496 e. The minimum absolute atomic E-state index is 0.337. The van der Waals surface area contributed by atoms with Gasteiger partial charge in [-0.1, -0.05) is 23.7 Å². The number of hydrogen-bond acceptors (Lipinski definition) is 3. The number of rotatable bonds is 5. The Labute approximate surface area is 165 Å². The Kier molecular flexibility index (Phi) is 5.86. The summed E-state index contributed by atoms with van der Waals surface area (Å²) in [5.74, 6) is -0.571. The summed E-state index contributed by atoms with van der Waals surface area (Å²) in [7, 11) is 1.45. The molecule has 0 bridgehead atoms. The normalized spacial score (nSPS) is 18.8. The van der Waals surface area contributed by atoms with Gasteiger partial charge in [0.25, 0.3) is 0 Å². The molecule has 150 valence electrons. The molecule has 0 spiro atoms. The summed E-state index contributed by atoms with van der Waals surface area (Å²) >= 11 is 6.14. The van der Waals surface area contributed by atoms with Crippen molar-refractivity contribution in [1.29, 1.82) is 0 Å². The summed E-state index contributed by atoms with van der Waals surface area (Å²) in [6, 6.07) is 8.27. The van der Waals surface area contributed by atoms with Crippen molar-refractivity contribution in [2.75, 3.05) is 13.7 Å². The van der Waals surface area contributed by atoms with Crippen molar-refractivity contribution in [3.8, 4) is 5.75 Å². The highest BCUT2D eigenvalue weighted by atomic mass is 35.5. The van der Waals surface area contributed by atoms with E-state index in [0.717, 1.165) is 12.1 Å². The maximum absolute atomic E-state index is 13.3. The smallest absolute Gasteiger partial charge is 0.416 e. The molecule has 2 unspecified atom stereocenters. The van der Waals surface area contributed by atoms with Crippen LogP contribution in [0.15, 0.2) is 42.5 Å². The second kappa shape index (κ2) is 8.01. The van der Waals surface area contributed by atoms with E-state index in [9.17, 15) is 23.1 Å². The highest BCUT2D eigenvalue weighted by Gasteiger charge is 2.39. The number of methoxy groups -OCH3 is 1. The summed E-state index contributed by atoms with van der Waals surface area (Å²) in [4.78, 5) is 13.4. The first-order chi connectivity index (χ1) is 13.2. The lowest BCUT2D eigenvalue weighted by molar-refractivity contribution is -0.143. The zero-order valence-corrected chi connectivity index (χ0v) is 15.8. The Morgan fingerprint density at radius 2 is 2.04 bits per heavy atom. The fourth-order valence-electron chi connectivity index (χ4n) is 3.72. The van der Waals surface area contributed by atoms with Gasteiger partial charge in [0.15, 0.2) is 0 Å². The molecule has 0 saturated carbocycles. The molecule has 0 radical (unpaired) electrons. The number of ether oxygens (including phenoxy) is 1. The highest BCUT2D eigenvalue weighted by molar-refractivity contribution is 6.30. The van der Waals surface area contributed by atoms with E-state index >= 15 is 0 Å². The van der Waals surface area contributed by atoms with Gasteiger partial charge in [0.1, 0.15) is 11.8 Å². The molecule has 2 atom stereocenters. The first-order valence-corrected chi connectivity index (χ1v) is 9.09. The highest BCUT2D eigenvalue weighted by Crippen LogP contribution is 2.41. The van der Waals surface area contributed by atoms with Gasteiger partial charge in [-0.2, -0.15) is 13.2 Å². The van der Waals surface area contributed by atoms with Crippen molar-refractivity contribution in [1.82, 2.24) is 4.90 Å². The first kappa shape index (κ1) is 20.5. The van der Waals surface area contributed by atoms with Crippen LogP contribution in [0.3, 0.4) is 0 Å². The number of nitrogens with zero attached hydrogens (tertiary/aromatic N) is 1. The van der Waals surface area contributed by atoms with Crippen molar-refractivity contribution in [3.63, 3.8) is 0 Å². The van der Waals surface area contributed by atoms with Gasteiger partial charge in [0, 0.05) is 17.1 Å². The van der Waals surface area contributed by atoms with E-state index in [2.05, 4.69) is 0 Å². The quantitative estimate of drug-likeness (QED) is 0.749. The monoisotopic (exact) mass is 413 g/mol. The SMILES string of the molecule is COc1ccc(Cl)cc1C(c1cccc(C(F)(F)F)c1)N1CCCC1C(=O)O. The molecule has 1 heterocycles. The minimum atomic E-state index is -4.50. The summed E-state index contributed by atoms with van der Waals surface area (Å²) < 4.78 is 45.2. The maximum atomic E-state index is 13.3. The van der Waals surface area contributed by atoms with Gasteiger partial charge >= 0.3 is 12.1 Å². The van der Waals surface area contributed by atoms with Gasteiger partial charge in [-0.3, -0.25) is 9.69 Å². The van der Waals surface area contributed by atoms with E-state index in [1.165, 1.54) is 13.2 Å². The second-order valence-electron chi connectivity index (χ2n) is 6.65. The fourth-order valence-corrected chi connectivity index (χ4v) is 3.90. The molecule has 0 aliphatic carbocycles. The molecule has 1 N–H and O–H groups in total. The molecule has 0 aromatic heterocycles. The van der Waals surface area contributed by atoms with Crippen molar-refractivity contribution in [2.45, 2.75) is 31.1 Å². The van der Waals surface area contributed by atoms with E-state index in [0.29, 0.717) is 41.3 Å². The van der Waals surface area contributed by atoms with Crippen LogP contribution < -0.4 is 4.74 Å². The predicted molar refractivity (Wildman–Crippen MR) is 98.7 cm³/mol. The van der Waals surface area contributed by atoms with Crippen LogP contribution in [0, 0.1) is 0 Å². The van der Waals surface area contributed by atoms with E-state index in [-0.39, 0.29) is 0 Å². The summed E-state index contributed by atoms with van der Waals surface area (Å²) in [5.41, 5.74) is 0.0769. The van der Waals surface area contributed by atoms with Crippen LogP contribution in [0.2, 0.25) is 5.02 Å². The fraction of sp³-hybridized carbons (Fsp3) is 0.350. The van der Waals surface area contributed by atoms with E-state index in [1.807, 2.05) is 0 Å². The number of likely N-dealkylation sites (tertiary alicyclic amines) is 1. The summed E-state index contributed by atoms with van der Waals surface area (Å²) in [6.07, 6.45) is -3.45. The van der Waals surface area contributed by atoms with Gasteiger partial charge in [-0.05, 0) is 48.7 Å². The molecule has 8 heteroatoms. The maximum Gasteiger partial charge on any atom is 0.416 e. The van der Waals surface area contributed by atoms with Crippen molar-refractivity contribution >= 4 is 17.6 Å². The van der Waals surface area contributed by atoms with Gasteiger partial charge in [-0.25, -0.2) is 0 Å². The number of carboxylic acid groups (broad SMARTS) is 1. The molecule has 1 saturated heterocycles. The zero-order valence-electron chi connectivity index (χ0n) is 15.0. The van der Waals surface area contributed by atoms with Crippen molar-refractivity contribution < 1.29 is 27.8 Å². The number of carbonyl (C=O) groups is 1. The topological polar surface area (TPSA) is 49.8 Å². The molecule has 2 aromatic carbocycles. The van der Waals surface area contributed by atoms with Crippen LogP contribution in [-0.4, -0.2) is 35.7 Å². The van der Waals surface area contributed by atoms with Gasteiger partial charge < -0.3 is 9.84 Å². The zero-order chi connectivity index (χ0) is 20.5. The Balaban J connectivity index is 2.19. The molecule has 1 fully saturated rings. The lowest BCUT2D eigenvalue weighted by Crippen LogP contribution is -2.39. The molecule has 2 aromatic rings. The largest absolute Gasteiger partial charge is 0.496 e. The Bertz CT molecular complexity index is 872. The van der Waals surface area contributed by atoms with Crippen LogP contribution in [-0.2, 0) is 11.0 Å². The lowest BCUT2D eigenvalue weighted by atomic mass is 9.94. The van der Waals surface area contributed by atoms with E-state index in [1.54, 1.807) is 29.2 Å². The molecule has 0 amide bonds. The summed E-state index contributed by atoms with van der Waals surface area (Å²) in [5, 5.41) is 10.0. The third-order valence-corrected chi connectivity index (χ3v) is 5.16. The van der Waals surface area contributed by atoms with Gasteiger partial charge in [0.05, 0.1) is 18.7 Å². The van der Waals surface area contributed by atoms with E-state index in [4.69, 9.17) is 16.3 Å². The molecule has 1 aliphatic heterocycles. The predicted octanol–water partition coefficient (Wildman–Crippen LogP) is 5.01. The molecule has 1 aliphatic rings. The van der Waals surface area contributed by atoms with E-state index < -0.39 is 29.8 Å². The average molecular weight is 414 g/mol. The van der Waals surface area contributed by atoms with Crippen LogP contribution >= 0.6 is 11.6 Å². The third kappa shape index (κ3) is 4.10. The first-order valence-electron chi connectivity index (χ1n) is 8.71. The van der Waals surface area contributed by atoms with Crippen LogP contribution in [0.5, 0.6) is 5.75 Å². The number of alkyl halides is 3. The van der Waals surface area contributed by atoms with Crippen molar-refractivity contribution in [3.05, 3.63) is 64.2 Å². The second-order valence-corrected chi connectivity index (χ2v) is 7.08. The van der Waals surface area contributed by atoms with Crippen LogP contribution in [0.1, 0.15) is 35.6 Å². The van der Waals surface area contributed by atoms with Gasteiger partial charge in [0.2, 0.25) is 0 Å². The molecule has 4 nitrogen and oxygen atoms in total. The average Bonchev–Trinajstić information content (AvgIpc) is 3.11. The standard InChI is InChI=1S/C20H19ClF3NO3/c1-28-17-8-7-14(21)11-15(17)18(25-9-3-6-16(25)19(26)27)12-4-2-5-13(10-12)20(22,23)24/h2,4-5,7-8,10-11,16,18H,3,6,9H2,1H3,(H,26,27). The van der Waals surface area contributed by atoms with Crippen molar-refractivity contribution in [2.24, 2.45) is 0 Å². The number of benzene rings is 2. The number of halogens is 4. The summed E-state index contributed by atoms with van der Waals surface area (Å²) in [6.45, 7) is 0.438. The Morgan fingerprint density at radius 1 is 1.29 bits per heavy atom. The molecular formula is C20H19ClF3NO3.